The van der Waals surface area contributed by atoms with Crippen molar-refractivity contribution in [1.29, 1.82) is 0 Å². The molecule has 0 aliphatic carbocycles. The number of carbonyl (C=O) groups excluding carboxylic acids is 1. The van der Waals surface area contributed by atoms with Crippen molar-refractivity contribution < 1.29 is 22.7 Å². The van der Waals surface area contributed by atoms with Crippen molar-refractivity contribution in [1.82, 2.24) is 20.2 Å². The van der Waals surface area contributed by atoms with Gasteiger partial charge in [-0.1, -0.05) is 13.0 Å². The molecule has 0 saturated carbocycles. The van der Waals surface area contributed by atoms with Gasteiger partial charge in [0.1, 0.15) is 12.1 Å². The minimum Gasteiger partial charge on any atom is -0.491 e. The van der Waals surface area contributed by atoms with Crippen molar-refractivity contribution in [2.24, 2.45) is 0 Å². The van der Waals surface area contributed by atoms with Crippen LogP contribution in [0.1, 0.15) is 29.3 Å². The van der Waals surface area contributed by atoms with Crippen LogP contribution in [0.25, 0.3) is 5.69 Å². The Bertz CT molecular complexity index is 958. The summed E-state index contributed by atoms with van der Waals surface area (Å²) >= 11 is 0. The van der Waals surface area contributed by atoms with E-state index in [0.29, 0.717) is 18.7 Å². The summed E-state index contributed by atoms with van der Waals surface area (Å²) in [6.07, 6.45) is -2.51. The number of rotatable bonds is 6. The van der Waals surface area contributed by atoms with Crippen LogP contribution in [0, 0.1) is 0 Å². The minimum atomic E-state index is -4.54. The molecule has 1 heterocycles. The lowest BCUT2D eigenvalue weighted by molar-refractivity contribution is -0.137. The molecule has 0 radical (unpaired) electrons. The van der Waals surface area contributed by atoms with Crippen molar-refractivity contribution in [3.05, 3.63) is 59.9 Å². The van der Waals surface area contributed by atoms with Crippen LogP contribution in [0.2, 0.25) is 0 Å². The Hall–Kier alpha value is -3.43. The molecular weight excluding hydrogens is 375 g/mol. The van der Waals surface area contributed by atoms with E-state index in [2.05, 4.69) is 20.8 Å². The normalized spacial score (nSPS) is 11.3. The molecule has 1 amide bonds. The lowest BCUT2D eigenvalue weighted by Gasteiger charge is -2.15. The Balaban J connectivity index is 1.89. The third-order valence-corrected chi connectivity index (χ3v) is 3.74. The lowest BCUT2D eigenvalue weighted by Crippen LogP contribution is -2.15. The summed E-state index contributed by atoms with van der Waals surface area (Å²) in [4.78, 5) is 12.6. The summed E-state index contributed by atoms with van der Waals surface area (Å²) in [5.41, 5.74) is -0.175. The summed E-state index contributed by atoms with van der Waals surface area (Å²) in [6.45, 7) is 2.18. The van der Waals surface area contributed by atoms with Crippen LogP contribution in [0.5, 0.6) is 5.75 Å². The van der Waals surface area contributed by atoms with Gasteiger partial charge in [0, 0.05) is 5.56 Å². The van der Waals surface area contributed by atoms with E-state index in [0.717, 1.165) is 12.1 Å². The minimum absolute atomic E-state index is 0.0545. The van der Waals surface area contributed by atoms with E-state index in [1.54, 1.807) is 12.1 Å². The van der Waals surface area contributed by atoms with Gasteiger partial charge in [0.05, 0.1) is 23.5 Å². The number of hydrogen-bond donors (Lipinski definition) is 1. The molecule has 0 atom stereocenters. The van der Waals surface area contributed by atoms with Crippen LogP contribution in [0.15, 0.2) is 48.8 Å². The summed E-state index contributed by atoms with van der Waals surface area (Å²) in [5, 5.41) is 13.3. The zero-order valence-electron chi connectivity index (χ0n) is 14.8. The van der Waals surface area contributed by atoms with E-state index in [9.17, 15) is 18.0 Å². The van der Waals surface area contributed by atoms with Crippen LogP contribution in [0.3, 0.4) is 0 Å². The van der Waals surface area contributed by atoms with E-state index in [1.165, 1.54) is 29.2 Å². The number of anilines is 1. The molecule has 1 aromatic heterocycles. The highest BCUT2D eigenvalue weighted by atomic mass is 19.4. The molecule has 3 rings (SSSR count). The first-order valence-corrected chi connectivity index (χ1v) is 8.37. The lowest BCUT2D eigenvalue weighted by atomic mass is 10.1. The average molecular weight is 391 g/mol. The second-order valence-corrected chi connectivity index (χ2v) is 5.82. The van der Waals surface area contributed by atoms with Gasteiger partial charge in [0.25, 0.3) is 5.91 Å². The first-order chi connectivity index (χ1) is 13.4. The number of tetrazole rings is 1. The van der Waals surface area contributed by atoms with Gasteiger partial charge in [-0.2, -0.15) is 13.2 Å². The molecule has 146 valence electrons. The van der Waals surface area contributed by atoms with Crippen molar-refractivity contribution in [3.63, 3.8) is 0 Å². The summed E-state index contributed by atoms with van der Waals surface area (Å²) < 4.78 is 46.0. The molecule has 0 spiro atoms. The summed E-state index contributed by atoms with van der Waals surface area (Å²) in [6, 6.07) is 9.33. The first kappa shape index (κ1) is 19.3. The monoisotopic (exact) mass is 391 g/mol. The van der Waals surface area contributed by atoms with Gasteiger partial charge in [0.15, 0.2) is 0 Å². The number of hydrogen-bond acceptors (Lipinski definition) is 5. The van der Waals surface area contributed by atoms with Crippen molar-refractivity contribution in [2.45, 2.75) is 19.5 Å². The Morgan fingerprint density at radius 1 is 1.21 bits per heavy atom. The van der Waals surface area contributed by atoms with Crippen LogP contribution in [-0.2, 0) is 6.18 Å². The maximum Gasteiger partial charge on any atom is 0.416 e. The predicted molar refractivity (Wildman–Crippen MR) is 94.3 cm³/mol. The fraction of sp³-hybridized carbons (Fsp3) is 0.222. The molecular formula is C18H16F3N5O2. The Morgan fingerprint density at radius 2 is 2.04 bits per heavy atom. The molecule has 0 unspecified atom stereocenters. The molecule has 0 fully saturated rings. The molecule has 1 N–H and O–H groups in total. The summed E-state index contributed by atoms with van der Waals surface area (Å²) in [7, 11) is 0. The number of alkyl halides is 3. The van der Waals surface area contributed by atoms with Gasteiger partial charge in [0.2, 0.25) is 0 Å². The smallest absolute Gasteiger partial charge is 0.416 e. The zero-order chi connectivity index (χ0) is 20.1. The fourth-order valence-corrected chi connectivity index (χ4v) is 2.41. The van der Waals surface area contributed by atoms with Gasteiger partial charge < -0.3 is 10.1 Å². The van der Waals surface area contributed by atoms with Gasteiger partial charge in [-0.15, -0.1) is 5.10 Å². The molecule has 0 aliphatic rings. The second-order valence-electron chi connectivity index (χ2n) is 5.82. The highest BCUT2D eigenvalue weighted by Crippen LogP contribution is 2.35. The molecule has 0 saturated heterocycles. The molecule has 2 aromatic carbocycles. The van der Waals surface area contributed by atoms with Crippen LogP contribution < -0.4 is 10.1 Å². The van der Waals surface area contributed by atoms with Crippen LogP contribution >= 0.6 is 0 Å². The SMILES string of the molecule is CCCOc1ccc(C(F)(F)F)cc1NC(=O)c1cccc(-n2cnnn2)c1. The number of carbonyl (C=O) groups is 1. The van der Waals surface area contributed by atoms with Crippen LogP contribution in [-0.4, -0.2) is 32.7 Å². The highest BCUT2D eigenvalue weighted by Gasteiger charge is 2.31. The Morgan fingerprint density at radius 3 is 2.71 bits per heavy atom. The van der Waals surface area contributed by atoms with E-state index in [4.69, 9.17) is 4.74 Å². The number of halogens is 3. The molecule has 0 aliphatic heterocycles. The third kappa shape index (κ3) is 4.45. The van der Waals surface area contributed by atoms with E-state index in [1.807, 2.05) is 6.92 Å². The van der Waals surface area contributed by atoms with E-state index in [-0.39, 0.29) is 17.0 Å². The van der Waals surface area contributed by atoms with Crippen LogP contribution in [0.4, 0.5) is 18.9 Å². The number of aromatic nitrogens is 4. The average Bonchev–Trinajstić information content (AvgIpc) is 3.21. The molecule has 3 aromatic rings. The second kappa shape index (κ2) is 8.07. The number of nitrogens with one attached hydrogen (secondary N) is 1. The largest absolute Gasteiger partial charge is 0.491 e. The van der Waals surface area contributed by atoms with E-state index < -0.39 is 17.6 Å². The number of nitrogens with zero attached hydrogens (tertiary/aromatic N) is 4. The predicted octanol–water partition coefficient (Wildman–Crippen LogP) is 3.72. The van der Waals surface area contributed by atoms with Crippen molar-refractivity contribution >= 4 is 11.6 Å². The standard InChI is InChI=1S/C18H16F3N5O2/c1-2-8-28-16-7-6-13(18(19,20)21)10-15(16)23-17(27)12-4-3-5-14(9-12)26-11-22-24-25-26/h3-7,9-11H,2,8H2,1H3,(H,23,27). The Kier molecular flexibility index (Phi) is 5.57. The van der Waals surface area contributed by atoms with Gasteiger partial charge >= 0.3 is 6.18 Å². The Labute approximate surface area is 158 Å². The summed E-state index contributed by atoms with van der Waals surface area (Å²) in [5.74, 6) is -0.421. The molecule has 28 heavy (non-hydrogen) atoms. The van der Waals surface area contributed by atoms with Gasteiger partial charge in [-0.25, -0.2) is 4.68 Å². The van der Waals surface area contributed by atoms with Crippen molar-refractivity contribution in [2.75, 3.05) is 11.9 Å². The third-order valence-electron chi connectivity index (χ3n) is 3.74. The highest BCUT2D eigenvalue weighted by molar-refractivity contribution is 6.05. The van der Waals surface area contributed by atoms with E-state index >= 15 is 0 Å². The molecule has 0 bridgehead atoms. The maximum atomic E-state index is 13.0. The number of ether oxygens (including phenoxy) is 1. The molecule has 7 nitrogen and oxygen atoms in total. The fourth-order valence-electron chi connectivity index (χ4n) is 2.41. The van der Waals surface area contributed by atoms with Gasteiger partial charge in [-0.3, -0.25) is 4.79 Å². The molecule has 10 heteroatoms. The maximum absolute atomic E-state index is 13.0. The zero-order valence-corrected chi connectivity index (χ0v) is 14.8. The quantitative estimate of drug-likeness (QED) is 0.693. The topological polar surface area (TPSA) is 81.9 Å². The first-order valence-electron chi connectivity index (χ1n) is 8.37. The van der Waals surface area contributed by atoms with Crippen molar-refractivity contribution in [3.8, 4) is 11.4 Å². The number of amides is 1. The van der Waals surface area contributed by atoms with Gasteiger partial charge in [-0.05, 0) is 53.2 Å². The number of benzene rings is 2.